The zero-order valence-corrected chi connectivity index (χ0v) is 12.6. The van der Waals surface area contributed by atoms with Crippen LogP contribution in [0.1, 0.15) is 65.2 Å². The van der Waals surface area contributed by atoms with Crippen molar-refractivity contribution in [2.24, 2.45) is 5.41 Å². The van der Waals surface area contributed by atoms with Gasteiger partial charge in [0.25, 0.3) is 0 Å². The second kappa shape index (κ2) is 5.52. The number of rotatable bonds is 3. The Morgan fingerprint density at radius 2 is 1.59 bits per heavy atom. The first-order valence-corrected chi connectivity index (χ1v) is 8.07. The summed E-state index contributed by atoms with van der Waals surface area (Å²) in [5, 5.41) is 0. The van der Waals surface area contributed by atoms with Crippen LogP contribution in [0.15, 0.2) is 0 Å². The van der Waals surface area contributed by atoms with E-state index in [4.69, 9.17) is 12.6 Å². The van der Waals surface area contributed by atoms with Gasteiger partial charge in [-0.1, -0.05) is 25.7 Å². The van der Waals surface area contributed by atoms with Crippen LogP contribution in [0, 0.1) is 5.41 Å². The lowest BCUT2D eigenvalue weighted by molar-refractivity contribution is 0.0970. The van der Waals surface area contributed by atoms with Gasteiger partial charge >= 0.3 is 0 Å². The molecule has 1 heterocycles. The fourth-order valence-corrected chi connectivity index (χ4v) is 4.12. The minimum absolute atomic E-state index is 0.433. The second-order valence-electron chi connectivity index (χ2n) is 6.91. The molecule has 1 saturated heterocycles. The molecule has 0 aromatic carbocycles. The van der Waals surface area contributed by atoms with Crippen molar-refractivity contribution in [1.29, 1.82) is 0 Å². The van der Waals surface area contributed by atoms with Gasteiger partial charge in [-0.2, -0.15) is 12.6 Å². The van der Waals surface area contributed by atoms with E-state index < -0.39 is 0 Å². The number of likely N-dealkylation sites (tertiary alicyclic amines) is 1. The highest BCUT2D eigenvalue weighted by atomic mass is 32.1. The summed E-state index contributed by atoms with van der Waals surface area (Å²) in [5.74, 6) is 1.08. The average Bonchev–Trinajstić information content (AvgIpc) is 2.54. The first kappa shape index (κ1) is 13.7. The lowest BCUT2D eigenvalue weighted by atomic mass is 9.81. The Morgan fingerprint density at radius 3 is 2.06 bits per heavy atom. The molecule has 0 N–H and O–H groups in total. The smallest absolute Gasteiger partial charge is 0.0153 e. The van der Waals surface area contributed by atoms with Crippen LogP contribution in [0.25, 0.3) is 0 Å². The van der Waals surface area contributed by atoms with Gasteiger partial charge < -0.3 is 0 Å². The number of hydrogen-bond donors (Lipinski definition) is 1. The fourth-order valence-electron chi connectivity index (χ4n) is 3.71. The summed E-state index contributed by atoms with van der Waals surface area (Å²) in [6.45, 7) is 7.44. The quantitative estimate of drug-likeness (QED) is 0.586. The van der Waals surface area contributed by atoms with Gasteiger partial charge in [0.05, 0.1) is 0 Å². The Bertz CT molecular complexity index is 241. The van der Waals surface area contributed by atoms with E-state index in [0.29, 0.717) is 11.0 Å². The normalized spacial score (nSPS) is 29.1. The van der Waals surface area contributed by atoms with Crippen LogP contribution in [0.4, 0.5) is 0 Å². The molecule has 17 heavy (non-hydrogen) atoms. The largest absolute Gasteiger partial charge is 0.298 e. The molecular weight excluding hydrogens is 226 g/mol. The average molecular weight is 255 g/mol. The van der Waals surface area contributed by atoms with Gasteiger partial charge in [0.1, 0.15) is 0 Å². The van der Waals surface area contributed by atoms with Gasteiger partial charge in [0.2, 0.25) is 0 Å². The van der Waals surface area contributed by atoms with Crippen molar-refractivity contribution in [2.75, 3.05) is 18.8 Å². The molecule has 2 rings (SSSR count). The summed E-state index contributed by atoms with van der Waals surface area (Å²) in [7, 11) is 0. The standard InChI is InChI=1S/C15H29NS/c1-14(2)8-7-11-16(14)12-15(13-17)9-5-3-4-6-10-15/h17H,3-13H2,1-2H3. The molecule has 0 amide bonds. The molecule has 1 saturated carbocycles. The van der Waals surface area contributed by atoms with Gasteiger partial charge in [-0.15, -0.1) is 0 Å². The van der Waals surface area contributed by atoms with Crippen molar-refractivity contribution in [3.8, 4) is 0 Å². The van der Waals surface area contributed by atoms with Crippen LogP contribution in [-0.4, -0.2) is 29.3 Å². The SMILES string of the molecule is CC1(C)CCCN1CC1(CS)CCCCCC1. The maximum atomic E-state index is 4.70. The van der Waals surface area contributed by atoms with E-state index in [9.17, 15) is 0 Å². The van der Waals surface area contributed by atoms with Crippen molar-refractivity contribution in [1.82, 2.24) is 4.90 Å². The Kier molecular flexibility index (Phi) is 4.46. The van der Waals surface area contributed by atoms with E-state index in [1.807, 2.05) is 0 Å². The van der Waals surface area contributed by atoms with Gasteiger partial charge in [0, 0.05) is 12.1 Å². The highest BCUT2D eigenvalue weighted by molar-refractivity contribution is 7.80. The summed E-state index contributed by atoms with van der Waals surface area (Å²) >= 11 is 4.70. The van der Waals surface area contributed by atoms with Gasteiger partial charge in [-0.25, -0.2) is 0 Å². The Hall–Kier alpha value is 0.310. The third-order valence-corrected chi connectivity index (χ3v) is 5.77. The number of thiol groups is 1. The van der Waals surface area contributed by atoms with Crippen molar-refractivity contribution < 1.29 is 0 Å². The highest BCUT2D eigenvalue weighted by Crippen LogP contribution is 2.40. The molecule has 0 aromatic rings. The minimum Gasteiger partial charge on any atom is -0.298 e. The van der Waals surface area contributed by atoms with Crippen LogP contribution < -0.4 is 0 Å². The van der Waals surface area contributed by atoms with E-state index in [0.717, 1.165) is 5.75 Å². The molecule has 2 heteroatoms. The maximum Gasteiger partial charge on any atom is 0.0153 e. The number of hydrogen-bond acceptors (Lipinski definition) is 2. The summed E-state index contributed by atoms with van der Waals surface area (Å²) < 4.78 is 0. The van der Waals surface area contributed by atoms with E-state index in [1.165, 1.54) is 64.5 Å². The molecule has 1 nitrogen and oxygen atoms in total. The molecule has 100 valence electrons. The molecule has 0 atom stereocenters. The first-order chi connectivity index (χ1) is 8.08. The van der Waals surface area contributed by atoms with Crippen LogP contribution in [0.2, 0.25) is 0 Å². The Balaban J connectivity index is 2.02. The van der Waals surface area contributed by atoms with E-state index in [2.05, 4.69) is 18.7 Å². The predicted molar refractivity (Wildman–Crippen MR) is 78.9 cm³/mol. The molecule has 0 aromatic heterocycles. The summed E-state index contributed by atoms with van der Waals surface area (Å²) in [5.41, 5.74) is 0.948. The van der Waals surface area contributed by atoms with Gasteiger partial charge in [0.15, 0.2) is 0 Å². The molecule has 1 aliphatic carbocycles. The van der Waals surface area contributed by atoms with Gasteiger partial charge in [-0.05, 0) is 57.2 Å². The van der Waals surface area contributed by atoms with E-state index in [1.54, 1.807) is 0 Å². The van der Waals surface area contributed by atoms with Crippen LogP contribution in [-0.2, 0) is 0 Å². The summed E-state index contributed by atoms with van der Waals surface area (Å²) in [6, 6.07) is 0. The zero-order chi connectivity index (χ0) is 12.4. The molecule has 1 aliphatic heterocycles. The van der Waals surface area contributed by atoms with Crippen LogP contribution in [0.5, 0.6) is 0 Å². The molecule has 2 fully saturated rings. The van der Waals surface area contributed by atoms with E-state index >= 15 is 0 Å². The minimum atomic E-state index is 0.433. The van der Waals surface area contributed by atoms with Crippen molar-refractivity contribution in [3.63, 3.8) is 0 Å². The molecule has 2 aliphatic rings. The zero-order valence-electron chi connectivity index (χ0n) is 11.7. The predicted octanol–water partition coefficient (Wildman–Crippen LogP) is 4.13. The van der Waals surface area contributed by atoms with Crippen LogP contribution >= 0.6 is 12.6 Å². The molecule has 0 unspecified atom stereocenters. The molecule has 0 spiro atoms. The van der Waals surface area contributed by atoms with Crippen molar-refractivity contribution in [3.05, 3.63) is 0 Å². The summed E-state index contributed by atoms with van der Waals surface area (Å²) in [6.07, 6.45) is 11.3. The lowest BCUT2D eigenvalue weighted by Gasteiger charge is -2.41. The third kappa shape index (κ3) is 3.20. The monoisotopic (exact) mass is 255 g/mol. The Labute approximate surface area is 113 Å². The van der Waals surface area contributed by atoms with Crippen LogP contribution in [0.3, 0.4) is 0 Å². The third-order valence-electron chi connectivity index (χ3n) is 5.10. The fraction of sp³-hybridized carbons (Fsp3) is 1.00. The lowest BCUT2D eigenvalue weighted by Crippen LogP contribution is -2.46. The van der Waals surface area contributed by atoms with E-state index in [-0.39, 0.29) is 0 Å². The molecular formula is C15H29NS. The Morgan fingerprint density at radius 1 is 0.941 bits per heavy atom. The highest BCUT2D eigenvalue weighted by Gasteiger charge is 2.38. The molecule has 0 radical (unpaired) electrons. The van der Waals surface area contributed by atoms with Crippen molar-refractivity contribution in [2.45, 2.75) is 70.8 Å². The topological polar surface area (TPSA) is 3.24 Å². The number of nitrogens with zero attached hydrogens (tertiary/aromatic N) is 1. The second-order valence-corrected chi connectivity index (χ2v) is 7.23. The van der Waals surface area contributed by atoms with Gasteiger partial charge in [-0.3, -0.25) is 4.90 Å². The molecule has 0 bridgehead atoms. The maximum absolute atomic E-state index is 4.70. The summed E-state index contributed by atoms with van der Waals surface area (Å²) in [4.78, 5) is 2.74. The van der Waals surface area contributed by atoms with Crippen molar-refractivity contribution >= 4 is 12.6 Å². The first-order valence-electron chi connectivity index (χ1n) is 7.44.